The summed E-state index contributed by atoms with van der Waals surface area (Å²) in [5.74, 6) is 0. The zero-order chi connectivity index (χ0) is 9.80. The minimum Gasteiger partial charge on any atom is -0.385 e. The number of hydrogen-bond acceptors (Lipinski definition) is 2. The number of thiophene rings is 1. The van der Waals surface area contributed by atoms with Gasteiger partial charge in [0.05, 0.1) is 0 Å². The van der Waals surface area contributed by atoms with Gasteiger partial charge in [-0.05, 0) is 41.5 Å². The number of nitrogens with one attached hydrogen (secondary N) is 1. The molecule has 0 unspecified atom stereocenters. The van der Waals surface area contributed by atoms with Crippen molar-refractivity contribution in [1.29, 1.82) is 0 Å². The molecule has 1 nitrogen and oxygen atoms in total. The van der Waals surface area contributed by atoms with E-state index < -0.39 is 0 Å². The molecule has 0 spiro atoms. The molecule has 0 aliphatic heterocycles. The molecule has 14 heavy (non-hydrogen) atoms. The van der Waals surface area contributed by atoms with Gasteiger partial charge in [-0.2, -0.15) is 0 Å². The van der Waals surface area contributed by atoms with Crippen LogP contribution in [0.1, 0.15) is 19.8 Å². The molecule has 1 heterocycles. The van der Waals surface area contributed by atoms with E-state index >= 15 is 0 Å². The first-order valence-corrected chi connectivity index (χ1v) is 5.99. The van der Waals surface area contributed by atoms with Crippen molar-refractivity contribution < 1.29 is 0 Å². The Morgan fingerprint density at radius 2 is 2.21 bits per heavy atom. The van der Waals surface area contributed by atoms with Crippen LogP contribution in [0.3, 0.4) is 0 Å². The number of rotatable bonds is 4. The average Bonchev–Trinajstić information content (AvgIpc) is 2.65. The first kappa shape index (κ1) is 9.53. The molecule has 0 fully saturated rings. The molecule has 0 aliphatic rings. The van der Waals surface area contributed by atoms with Crippen molar-refractivity contribution in [1.82, 2.24) is 0 Å². The maximum Gasteiger partial charge on any atom is 0.0347 e. The van der Waals surface area contributed by atoms with Crippen molar-refractivity contribution in [3.8, 4) is 0 Å². The maximum absolute atomic E-state index is 3.43. The summed E-state index contributed by atoms with van der Waals surface area (Å²) in [6.07, 6.45) is 2.48. The summed E-state index contributed by atoms with van der Waals surface area (Å²) in [4.78, 5) is 0. The fourth-order valence-corrected chi connectivity index (χ4v) is 2.26. The van der Waals surface area contributed by atoms with Crippen LogP contribution in [-0.4, -0.2) is 6.54 Å². The SMILES string of the molecule is CCCCNc1ccc2sccc2c1. The van der Waals surface area contributed by atoms with Crippen LogP contribution in [-0.2, 0) is 0 Å². The van der Waals surface area contributed by atoms with Crippen molar-refractivity contribution in [3.63, 3.8) is 0 Å². The largest absolute Gasteiger partial charge is 0.385 e. The van der Waals surface area contributed by atoms with Crippen LogP contribution in [0.2, 0.25) is 0 Å². The fourth-order valence-electron chi connectivity index (χ4n) is 1.49. The predicted molar refractivity (Wildman–Crippen MR) is 65.2 cm³/mol. The molecule has 0 saturated heterocycles. The van der Waals surface area contributed by atoms with Gasteiger partial charge in [0, 0.05) is 16.9 Å². The first-order valence-electron chi connectivity index (χ1n) is 5.11. The highest BCUT2D eigenvalue weighted by atomic mass is 32.1. The molecule has 74 valence electrons. The molecule has 0 saturated carbocycles. The van der Waals surface area contributed by atoms with Gasteiger partial charge < -0.3 is 5.32 Å². The number of unbranched alkanes of at least 4 members (excludes halogenated alkanes) is 1. The predicted octanol–water partition coefficient (Wildman–Crippen LogP) is 4.11. The van der Waals surface area contributed by atoms with Crippen LogP contribution in [0.15, 0.2) is 29.6 Å². The van der Waals surface area contributed by atoms with Gasteiger partial charge in [-0.1, -0.05) is 13.3 Å². The van der Waals surface area contributed by atoms with E-state index in [2.05, 4.69) is 41.9 Å². The summed E-state index contributed by atoms with van der Waals surface area (Å²) >= 11 is 1.80. The Bertz CT molecular complexity index is 405. The quantitative estimate of drug-likeness (QED) is 0.740. The summed E-state index contributed by atoms with van der Waals surface area (Å²) in [7, 11) is 0. The molecule has 1 aromatic heterocycles. The third-order valence-electron chi connectivity index (χ3n) is 2.31. The molecule has 0 amide bonds. The van der Waals surface area contributed by atoms with E-state index in [1.54, 1.807) is 11.3 Å². The second-order valence-corrected chi connectivity index (χ2v) is 4.40. The lowest BCUT2D eigenvalue weighted by Crippen LogP contribution is -1.99. The molecule has 1 aromatic carbocycles. The first-order chi connectivity index (χ1) is 6.90. The zero-order valence-corrected chi connectivity index (χ0v) is 9.23. The van der Waals surface area contributed by atoms with Crippen LogP contribution in [0.25, 0.3) is 10.1 Å². The van der Waals surface area contributed by atoms with E-state index in [0.29, 0.717) is 0 Å². The smallest absolute Gasteiger partial charge is 0.0347 e. The topological polar surface area (TPSA) is 12.0 Å². The van der Waals surface area contributed by atoms with Gasteiger partial charge in [-0.15, -0.1) is 11.3 Å². The Kier molecular flexibility index (Phi) is 3.04. The normalized spacial score (nSPS) is 10.6. The van der Waals surface area contributed by atoms with Crippen LogP contribution in [0.5, 0.6) is 0 Å². The molecular formula is C12H15NS. The summed E-state index contributed by atoms with van der Waals surface area (Å²) in [6.45, 7) is 3.29. The molecular weight excluding hydrogens is 190 g/mol. The molecule has 0 radical (unpaired) electrons. The minimum atomic E-state index is 1.08. The van der Waals surface area contributed by atoms with E-state index in [-0.39, 0.29) is 0 Å². The molecule has 2 heteroatoms. The third-order valence-corrected chi connectivity index (χ3v) is 3.21. The number of fused-ring (bicyclic) bond motifs is 1. The molecule has 0 bridgehead atoms. The van der Waals surface area contributed by atoms with Crippen LogP contribution in [0, 0.1) is 0 Å². The minimum absolute atomic E-state index is 1.08. The van der Waals surface area contributed by atoms with Crippen molar-refractivity contribution in [2.45, 2.75) is 19.8 Å². The van der Waals surface area contributed by atoms with Gasteiger partial charge in [0.2, 0.25) is 0 Å². The second kappa shape index (κ2) is 4.47. The van der Waals surface area contributed by atoms with Crippen LogP contribution in [0.4, 0.5) is 5.69 Å². The Labute approximate surface area is 88.8 Å². The molecule has 2 rings (SSSR count). The van der Waals surface area contributed by atoms with E-state index in [1.807, 2.05) is 0 Å². The van der Waals surface area contributed by atoms with Gasteiger partial charge in [-0.3, -0.25) is 0 Å². The maximum atomic E-state index is 3.43. The lowest BCUT2D eigenvalue weighted by molar-refractivity contribution is 0.834. The fraction of sp³-hybridized carbons (Fsp3) is 0.333. The van der Waals surface area contributed by atoms with Crippen molar-refractivity contribution >= 4 is 27.1 Å². The third kappa shape index (κ3) is 2.07. The number of benzene rings is 1. The van der Waals surface area contributed by atoms with Crippen LogP contribution < -0.4 is 5.32 Å². The molecule has 1 N–H and O–H groups in total. The van der Waals surface area contributed by atoms with E-state index in [4.69, 9.17) is 0 Å². The summed E-state index contributed by atoms with van der Waals surface area (Å²) in [5, 5.41) is 6.92. The Morgan fingerprint density at radius 1 is 1.29 bits per heavy atom. The van der Waals surface area contributed by atoms with Crippen LogP contribution >= 0.6 is 11.3 Å². The second-order valence-electron chi connectivity index (χ2n) is 3.45. The zero-order valence-electron chi connectivity index (χ0n) is 8.42. The van der Waals surface area contributed by atoms with Crippen molar-refractivity contribution in [3.05, 3.63) is 29.6 Å². The van der Waals surface area contributed by atoms with Gasteiger partial charge in [0.1, 0.15) is 0 Å². The standard InChI is InChI=1S/C12H15NS/c1-2-3-7-13-11-4-5-12-10(9-11)6-8-14-12/h4-6,8-9,13H,2-3,7H2,1H3. The summed E-state index contributed by atoms with van der Waals surface area (Å²) < 4.78 is 1.37. The Morgan fingerprint density at radius 3 is 3.07 bits per heavy atom. The molecule has 2 aromatic rings. The molecule has 0 aliphatic carbocycles. The lowest BCUT2D eigenvalue weighted by Gasteiger charge is -2.04. The Balaban J connectivity index is 2.10. The summed E-state index contributed by atoms with van der Waals surface area (Å²) in [5.41, 5.74) is 1.24. The number of hydrogen-bond donors (Lipinski definition) is 1. The monoisotopic (exact) mass is 205 g/mol. The highest BCUT2D eigenvalue weighted by Gasteiger charge is 1.96. The highest BCUT2D eigenvalue weighted by Crippen LogP contribution is 2.23. The van der Waals surface area contributed by atoms with Crippen molar-refractivity contribution in [2.24, 2.45) is 0 Å². The highest BCUT2D eigenvalue weighted by molar-refractivity contribution is 7.17. The number of anilines is 1. The average molecular weight is 205 g/mol. The van der Waals surface area contributed by atoms with Crippen molar-refractivity contribution in [2.75, 3.05) is 11.9 Å². The Hall–Kier alpha value is -1.02. The van der Waals surface area contributed by atoms with E-state index in [1.165, 1.54) is 28.6 Å². The molecule has 0 atom stereocenters. The van der Waals surface area contributed by atoms with E-state index in [9.17, 15) is 0 Å². The van der Waals surface area contributed by atoms with Gasteiger partial charge >= 0.3 is 0 Å². The van der Waals surface area contributed by atoms with Gasteiger partial charge in [0.25, 0.3) is 0 Å². The summed E-state index contributed by atoms with van der Waals surface area (Å²) in [6, 6.07) is 8.75. The lowest BCUT2D eigenvalue weighted by atomic mass is 10.2. The van der Waals surface area contributed by atoms with Gasteiger partial charge in [-0.25, -0.2) is 0 Å². The van der Waals surface area contributed by atoms with Gasteiger partial charge in [0.15, 0.2) is 0 Å². The van der Waals surface area contributed by atoms with E-state index in [0.717, 1.165) is 6.54 Å².